The Morgan fingerprint density at radius 2 is 2.07 bits per heavy atom. The third-order valence-corrected chi connectivity index (χ3v) is 3.47. The third-order valence-electron chi connectivity index (χ3n) is 3.47. The summed E-state index contributed by atoms with van der Waals surface area (Å²) in [6.07, 6.45) is 5.64. The van der Waals surface area contributed by atoms with Gasteiger partial charge in [-0.1, -0.05) is 17.7 Å². The Bertz CT molecular complexity index is 492. The molecule has 1 N–H and O–H groups in total. The summed E-state index contributed by atoms with van der Waals surface area (Å²) in [6, 6.07) is 5.76. The SMILES string of the molecule is CC1=CCCC2=C1Cc1cc(O)ccc12. The molecule has 0 unspecified atom stereocenters. The van der Waals surface area contributed by atoms with Crippen molar-refractivity contribution in [3.8, 4) is 5.75 Å². The first-order valence-electron chi connectivity index (χ1n) is 5.47. The van der Waals surface area contributed by atoms with Crippen LogP contribution in [0.4, 0.5) is 0 Å². The molecule has 0 aliphatic heterocycles. The minimum Gasteiger partial charge on any atom is -0.508 e. The maximum absolute atomic E-state index is 9.46. The Labute approximate surface area is 89.8 Å². The molecule has 0 heterocycles. The van der Waals surface area contributed by atoms with Crippen molar-refractivity contribution in [3.05, 3.63) is 46.5 Å². The molecule has 0 spiro atoms. The lowest BCUT2D eigenvalue weighted by Gasteiger charge is -2.13. The average Bonchev–Trinajstić information content (AvgIpc) is 2.57. The molecule has 1 nitrogen and oxygen atoms in total. The Kier molecular flexibility index (Phi) is 1.75. The topological polar surface area (TPSA) is 20.2 Å². The van der Waals surface area contributed by atoms with E-state index in [-0.39, 0.29) is 0 Å². The summed E-state index contributed by atoms with van der Waals surface area (Å²) in [5, 5.41) is 9.46. The van der Waals surface area contributed by atoms with Gasteiger partial charge in [-0.2, -0.15) is 0 Å². The van der Waals surface area contributed by atoms with Crippen LogP contribution in [-0.2, 0) is 6.42 Å². The molecule has 0 aromatic heterocycles. The highest BCUT2D eigenvalue weighted by atomic mass is 16.3. The lowest BCUT2D eigenvalue weighted by atomic mass is 9.92. The quantitative estimate of drug-likeness (QED) is 0.677. The van der Waals surface area contributed by atoms with Crippen LogP contribution in [0.3, 0.4) is 0 Å². The number of phenolic OH excluding ortho intramolecular Hbond substituents is 1. The number of phenols is 1. The molecule has 0 saturated carbocycles. The third kappa shape index (κ3) is 1.23. The fourth-order valence-corrected chi connectivity index (χ4v) is 2.70. The Balaban J connectivity index is 2.15. The van der Waals surface area contributed by atoms with Gasteiger partial charge in [-0.05, 0) is 60.6 Å². The summed E-state index contributed by atoms with van der Waals surface area (Å²) in [5.74, 6) is 0.384. The summed E-state index contributed by atoms with van der Waals surface area (Å²) < 4.78 is 0. The monoisotopic (exact) mass is 198 g/mol. The molecule has 2 aliphatic rings. The number of rotatable bonds is 0. The van der Waals surface area contributed by atoms with Gasteiger partial charge in [-0.3, -0.25) is 0 Å². The predicted molar refractivity (Wildman–Crippen MR) is 61.7 cm³/mol. The number of allylic oxidation sites excluding steroid dienone is 4. The minimum absolute atomic E-state index is 0.384. The molecule has 1 aromatic carbocycles. The molecule has 15 heavy (non-hydrogen) atoms. The van der Waals surface area contributed by atoms with Crippen molar-refractivity contribution in [1.82, 2.24) is 0 Å². The molecular formula is C14H14O. The fourth-order valence-electron chi connectivity index (χ4n) is 2.70. The highest BCUT2D eigenvalue weighted by Crippen LogP contribution is 2.42. The first kappa shape index (κ1) is 8.78. The van der Waals surface area contributed by atoms with Gasteiger partial charge >= 0.3 is 0 Å². The number of fused-ring (bicyclic) bond motifs is 2. The molecule has 0 fully saturated rings. The summed E-state index contributed by atoms with van der Waals surface area (Å²) in [7, 11) is 0. The zero-order valence-corrected chi connectivity index (χ0v) is 8.88. The van der Waals surface area contributed by atoms with Gasteiger partial charge in [-0.25, -0.2) is 0 Å². The van der Waals surface area contributed by atoms with Crippen molar-refractivity contribution in [2.75, 3.05) is 0 Å². The van der Waals surface area contributed by atoms with E-state index in [9.17, 15) is 5.11 Å². The number of aromatic hydroxyl groups is 1. The summed E-state index contributed by atoms with van der Waals surface area (Å²) in [4.78, 5) is 0. The standard InChI is InChI=1S/C14H14O/c1-9-3-2-4-13-12-6-5-11(15)7-10(12)8-14(9)13/h3,5-7,15H,2,4,8H2,1H3. The van der Waals surface area contributed by atoms with E-state index in [0.29, 0.717) is 5.75 Å². The van der Waals surface area contributed by atoms with Crippen molar-refractivity contribution in [1.29, 1.82) is 0 Å². The molecule has 3 rings (SSSR count). The molecule has 0 atom stereocenters. The first-order chi connectivity index (χ1) is 7.25. The molecule has 76 valence electrons. The average molecular weight is 198 g/mol. The van der Waals surface area contributed by atoms with Crippen LogP contribution in [0, 0.1) is 0 Å². The van der Waals surface area contributed by atoms with Crippen LogP contribution in [0.1, 0.15) is 30.9 Å². The second-order valence-electron chi connectivity index (χ2n) is 4.40. The van der Waals surface area contributed by atoms with E-state index in [4.69, 9.17) is 0 Å². The lowest BCUT2D eigenvalue weighted by molar-refractivity contribution is 0.474. The van der Waals surface area contributed by atoms with Gasteiger partial charge < -0.3 is 5.11 Å². The van der Waals surface area contributed by atoms with Gasteiger partial charge in [0.15, 0.2) is 0 Å². The van der Waals surface area contributed by atoms with Crippen molar-refractivity contribution >= 4 is 5.57 Å². The van der Waals surface area contributed by atoms with Gasteiger partial charge in [0.05, 0.1) is 0 Å². The largest absolute Gasteiger partial charge is 0.508 e. The fraction of sp³-hybridized carbons (Fsp3) is 0.286. The maximum Gasteiger partial charge on any atom is 0.115 e. The number of hydrogen-bond acceptors (Lipinski definition) is 1. The van der Waals surface area contributed by atoms with Crippen molar-refractivity contribution < 1.29 is 5.11 Å². The van der Waals surface area contributed by atoms with E-state index in [1.165, 1.54) is 27.8 Å². The van der Waals surface area contributed by atoms with E-state index in [2.05, 4.69) is 19.1 Å². The second-order valence-corrected chi connectivity index (χ2v) is 4.40. The van der Waals surface area contributed by atoms with E-state index >= 15 is 0 Å². The van der Waals surface area contributed by atoms with Crippen molar-refractivity contribution in [3.63, 3.8) is 0 Å². The maximum atomic E-state index is 9.46. The van der Waals surface area contributed by atoms with E-state index < -0.39 is 0 Å². The molecule has 1 heteroatoms. The molecule has 2 aliphatic carbocycles. The van der Waals surface area contributed by atoms with Crippen LogP contribution in [0.25, 0.3) is 5.57 Å². The van der Waals surface area contributed by atoms with E-state index in [1.807, 2.05) is 6.07 Å². The van der Waals surface area contributed by atoms with Crippen molar-refractivity contribution in [2.24, 2.45) is 0 Å². The highest BCUT2D eigenvalue weighted by molar-refractivity contribution is 5.81. The van der Waals surface area contributed by atoms with Crippen LogP contribution in [-0.4, -0.2) is 5.11 Å². The Hall–Kier alpha value is -1.50. The van der Waals surface area contributed by atoms with Crippen LogP contribution in [0.5, 0.6) is 5.75 Å². The summed E-state index contributed by atoms with van der Waals surface area (Å²) in [6.45, 7) is 2.19. The zero-order valence-electron chi connectivity index (χ0n) is 8.88. The molecule has 0 saturated heterocycles. The molecule has 0 bridgehead atoms. The predicted octanol–water partition coefficient (Wildman–Crippen LogP) is 3.44. The van der Waals surface area contributed by atoms with Crippen LogP contribution < -0.4 is 0 Å². The molecule has 0 radical (unpaired) electrons. The second kappa shape index (κ2) is 2.99. The molecule has 0 amide bonds. The van der Waals surface area contributed by atoms with Crippen LogP contribution in [0.2, 0.25) is 0 Å². The van der Waals surface area contributed by atoms with Gasteiger partial charge in [0.25, 0.3) is 0 Å². The zero-order chi connectivity index (χ0) is 10.4. The van der Waals surface area contributed by atoms with Gasteiger partial charge in [0.1, 0.15) is 5.75 Å². The Morgan fingerprint density at radius 1 is 1.20 bits per heavy atom. The van der Waals surface area contributed by atoms with E-state index in [0.717, 1.165) is 19.3 Å². The van der Waals surface area contributed by atoms with Crippen LogP contribution in [0.15, 0.2) is 35.4 Å². The minimum atomic E-state index is 0.384. The summed E-state index contributed by atoms with van der Waals surface area (Å²) >= 11 is 0. The number of hydrogen-bond donors (Lipinski definition) is 1. The van der Waals surface area contributed by atoms with E-state index in [1.54, 1.807) is 6.07 Å². The lowest BCUT2D eigenvalue weighted by Crippen LogP contribution is -1.93. The molecular weight excluding hydrogens is 184 g/mol. The van der Waals surface area contributed by atoms with Crippen molar-refractivity contribution in [2.45, 2.75) is 26.2 Å². The Morgan fingerprint density at radius 3 is 2.93 bits per heavy atom. The highest BCUT2D eigenvalue weighted by Gasteiger charge is 2.23. The van der Waals surface area contributed by atoms with Gasteiger partial charge in [0.2, 0.25) is 0 Å². The number of benzene rings is 1. The normalized spacial score (nSPS) is 18.6. The first-order valence-corrected chi connectivity index (χ1v) is 5.47. The van der Waals surface area contributed by atoms with Crippen LogP contribution >= 0.6 is 0 Å². The smallest absolute Gasteiger partial charge is 0.115 e. The summed E-state index contributed by atoms with van der Waals surface area (Å²) in [5.41, 5.74) is 7.06. The van der Waals surface area contributed by atoms with Gasteiger partial charge in [-0.15, -0.1) is 0 Å². The molecule has 1 aromatic rings. The van der Waals surface area contributed by atoms with Gasteiger partial charge in [0, 0.05) is 0 Å².